The highest BCUT2D eigenvalue weighted by atomic mass is 14.9. The van der Waals surface area contributed by atoms with Gasteiger partial charge in [0.15, 0.2) is 0 Å². The van der Waals surface area contributed by atoms with Crippen LogP contribution in [-0.2, 0) is 6.42 Å². The van der Waals surface area contributed by atoms with Crippen molar-refractivity contribution in [3.8, 4) is 0 Å². The zero-order valence-electron chi connectivity index (χ0n) is 10.4. The van der Waals surface area contributed by atoms with Gasteiger partial charge in [0, 0.05) is 18.0 Å². The Morgan fingerprint density at radius 1 is 1.44 bits per heavy atom. The van der Waals surface area contributed by atoms with Gasteiger partial charge in [-0.3, -0.25) is 0 Å². The largest absolute Gasteiger partial charge is 0.346 e. The van der Waals surface area contributed by atoms with Crippen LogP contribution in [0, 0.1) is 12.8 Å². The molecule has 0 bridgehead atoms. The maximum atomic E-state index is 5.65. The van der Waals surface area contributed by atoms with E-state index in [0.29, 0.717) is 11.8 Å². The predicted octanol–water partition coefficient (Wildman–Crippen LogP) is 2.51. The van der Waals surface area contributed by atoms with Crippen LogP contribution in [0.4, 0.5) is 0 Å². The lowest BCUT2D eigenvalue weighted by atomic mass is 10.0. The Morgan fingerprint density at radius 2 is 2.12 bits per heavy atom. The summed E-state index contributed by atoms with van der Waals surface area (Å²) in [4.78, 5) is 8.19. The van der Waals surface area contributed by atoms with E-state index in [0.717, 1.165) is 18.8 Å². The van der Waals surface area contributed by atoms with Gasteiger partial charge < -0.3 is 10.7 Å². The lowest BCUT2D eigenvalue weighted by molar-refractivity contribution is 0.574. The average molecular weight is 221 g/mol. The fraction of sp³-hybridized carbons (Fsp3) is 0.769. The number of imidazole rings is 1. The number of nitrogens with one attached hydrogen (secondary N) is 1. The van der Waals surface area contributed by atoms with Crippen LogP contribution in [0.3, 0.4) is 0 Å². The molecule has 1 atom stereocenters. The average Bonchev–Trinajstić information content (AvgIpc) is 2.87. The van der Waals surface area contributed by atoms with Crippen molar-refractivity contribution in [1.29, 1.82) is 0 Å². The normalized spacial score (nSPS) is 19.2. The van der Waals surface area contributed by atoms with Gasteiger partial charge in [0.25, 0.3) is 0 Å². The smallest absolute Gasteiger partial charge is 0.106 e. The van der Waals surface area contributed by atoms with Gasteiger partial charge in [-0.05, 0) is 32.2 Å². The molecule has 0 saturated heterocycles. The van der Waals surface area contributed by atoms with Crippen molar-refractivity contribution in [1.82, 2.24) is 9.97 Å². The van der Waals surface area contributed by atoms with Crippen molar-refractivity contribution in [2.24, 2.45) is 11.7 Å². The highest BCUT2D eigenvalue weighted by Crippen LogP contribution is 2.34. The van der Waals surface area contributed by atoms with Crippen molar-refractivity contribution in [2.45, 2.75) is 51.9 Å². The number of aryl methyl sites for hydroxylation is 1. The molecule has 1 unspecified atom stereocenters. The van der Waals surface area contributed by atoms with E-state index in [4.69, 9.17) is 10.7 Å². The molecule has 1 aliphatic carbocycles. The zero-order chi connectivity index (χ0) is 11.5. The van der Waals surface area contributed by atoms with Crippen molar-refractivity contribution in [2.75, 3.05) is 6.54 Å². The second-order valence-corrected chi connectivity index (χ2v) is 5.22. The van der Waals surface area contributed by atoms with E-state index in [1.54, 1.807) is 0 Å². The first kappa shape index (κ1) is 11.6. The molecular formula is C13H23N3. The van der Waals surface area contributed by atoms with Crippen LogP contribution in [0.15, 0.2) is 0 Å². The van der Waals surface area contributed by atoms with E-state index < -0.39 is 0 Å². The molecular weight excluding hydrogens is 198 g/mol. The maximum Gasteiger partial charge on any atom is 0.106 e. The van der Waals surface area contributed by atoms with Crippen LogP contribution in [-0.4, -0.2) is 16.5 Å². The Kier molecular flexibility index (Phi) is 3.64. The lowest BCUT2D eigenvalue weighted by Crippen LogP contribution is -2.13. The van der Waals surface area contributed by atoms with Crippen molar-refractivity contribution >= 4 is 0 Å². The van der Waals surface area contributed by atoms with Gasteiger partial charge in [-0.2, -0.15) is 0 Å². The summed E-state index contributed by atoms with van der Waals surface area (Å²) < 4.78 is 0. The minimum absolute atomic E-state index is 0.516. The van der Waals surface area contributed by atoms with Gasteiger partial charge in [0.05, 0.1) is 5.69 Å². The molecule has 1 aromatic rings. The minimum atomic E-state index is 0.516. The van der Waals surface area contributed by atoms with Crippen molar-refractivity contribution < 1.29 is 0 Å². The molecule has 1 saturated carbocycles. The summed E-state index contributed by atoms with van der Waals surface area (Å²) >= 11 is 0. The van der Waals surface area contributed by atoms with Gasteiger partial charge in [0.2, 0.25) is 0 Å². The molecule has 90 valence electrons. The van der Waals surface area contributed by atoms with Gasteiger partial charge >= 0.3 is 0 Å². The summed E-state index contributed by atoms with van der Waals surface area (Å²) in [6.45, 7) is 5.06. The first-order valence-electron chi connectivity index (χ1n) is 6.46. The van der Waals surface area contributed by atoms with Crippen LogP contribution in [0.1, 0.15) is 55.7 Å². The maximum absolute atomic E-state index is 5.65. The number of nitrogens with two attached hydrogens (primary N) is 1. The molecule has 1 fully saturated rings. The molecule has 1 aliphatic rings. The highest BCUT2D eigenvalue weighted by Gasteiger charge is 2.22. The third-order valence-electron chi connectivity index (χ3n) is 3.66. The molecule has 0 spiro atoms. The lowest BCUT2D eigenvalue weighted by Gasteiger charge is -2.06. The van der Waals surface area contributed by atoms with Gasteiger partial charge in [-0.25, -0.2) is 4.98 Å². The topological polar surface area (TPSA) is 54.7 Å². The van der Waals surface area contributed by atoms with Crippen LogP contribution >= 0.6 is 0 Å². The van der Waals surface area contributed by atoms with E-state index in [9.17, 15) is 0 Å². The van der Waals surface area contributed by atoms with E-state index in [1.165, 1.54) is 37.1 Å². The molecule has 0 amide bonds. The molecule has 1 aromatic heterocycles. The molecule has 3 N–H and O–H groups in total. The molecule has 3 nitrogen and oxygen atoms in total. The number of hydrogen-bond acceptors (Lipinski definition) is 2. The SMILES string of the molecule is Cc1[nH]c(CC(C)CN)nc1C1CCCC1. The summed E-state index contributed by atoms with van der Waals surface area (Å²) in [7, 11) is 0. The van der Waals surface area contributed by atoms with Crippen LogP contribution in [0.25, 0.3) is 0 Å². The molecule has 16 heavy (non-hydrogen) atoms. The highest BCUT2D eigenvalue weighted by molar-refractivity contribution is 5.19. The summed E-state index contributed by atoms with van der Waals surface area (Å²) in [5.74, 6) is 2.34. The second-order valence-electron chi connectivity index (χ2n) is 5.22. The zero-order valence-corrected chi connectivity index (χ0v) is 10.4. The Morgan fingerprint density at radius 3 is 2.75 bits per heavy atom. The van der Waals surface area contributed by atoms with Crippen LogP contribution < -0.4 is 5.73 Å². The van der Waals surface area contributed by atoms with E-state index in [2.05, 4.69) is 18.8 Å². The number of aromatic nitrogens is 2. The number of rotatable bonds is 4. The quantitative estimate of drug-likeness (QED) is 0.820. The number of hydrogen-bond donors (Lipinski definition) is 2. The van der Waals surface area contributed by atoms with Crippen molar-refractivity contribution in [3.63, 3.8) is 0 Å². The standard InChI is InChI=1S/C13H23N3/c1-9(8-14)7-12-15-10(2)13(16-12)11-5-3-4-6-11/h9,11H,3-8,14H2,1-2H3,(H,15,16). The third-order valence-corrected chi connectivity index (χ3v) is 3.66. The first-order valence-corrected chi connectivity index (χ1v) is 6.46. The molecule has 1 heterocycles. The summed E-state index contributed by atoms with van der Waals surface area (Å²) in [6, 6.07) is 0. The molecule has 3 heteroatoms. The third kappa shape index (κ3) is 2.46. The number of aromatic amines is 1. The summed E-state index contributed by atoms with van der Waals surface area (Å²) in [5.41, 5.74) is 8.23. The first-order chi connectivity index (χ1) is 7.70. The number of H-pyrrole nitrogens is 1. The van der Waals surface area contributed by atoms with Crippen LogP contribution in [0.2, 0.25) is 0 Å². The van der Waals surface area contributed by atoms with E-state index in [1.807, 2.05) is 0 Å². The molecule has 0 radical (unpaired) electrons. The van der Waals surface area contributed by atoms with E-state index >= 15 is 0 Å². The number of nitrogens with zero attached hydrogens (tertiary/aromatic N) is 1. The Bertz CT molecular complexity index is 337. The van der Waals surface area contributed by atoms with Gasteiger partial charge in [-0.15, -0.1) is 0 Å². The molecule has 0 aromatic carbocycles. The minimum Gasteiger partial charge on any atom is -0.346 e. The second kappa shape index (κ2) is 5.00. The monoisotopic (exact) mass is 221 g/mol. The Balaban J connectivity index is 2.08. The fourth-order valence-corrected chi connectivity index (χ4v) is 2.64. The van der Waals surface area contributed by atoms with Crippen molar-refractivity contribution in [3.05, 3.63) is 17.2 Å². The Labute approximate surface area is 97.8 Å². The molecule has 0 aliphatic heterocycles. The molecule has 2 rings (SSSR count). The van der Waals surface area contributed by atoms with E-state index in [-0.39, 0.29) is 0 Å². The fourth-order valence-electron chi connectivity index (χ4n) is 2.64. The summed E-state index contributed by atoms with van der Waals surface area (Å²) in [5, 5.41) is 0. The Hall–Kier alpha value is -0.830. The predicted molar refractivity (Wildman–Crippen MR) is 66.5 cm³/mol. The van der Waals surface area contributed by atoms with Gasteiger partial charge in [-0.1, -0.05) is 19.8 Å². The van der Waals surface area contributed by atoms with Crippen LogP contribution in [0.5, 0.6) is 0 Å². The summed E-state index contributed by atoms with van der Waals surface area (Å²) in [6.07, 6.45) is 6.34. The van der Waals surface area contributed by atoms with Gasteiger partial charge in [0.1, 0.15) is 5.82 Å².